The first-order chi connectivity index (χ1) is 18.2. The van der Waals surface area contributed by atoms with Crippen molar-refractivity contribution in [1.82, 2.24) is 4.98 Å². The molecule has 38 heavy (non-hydrogen) atoms. The van der Waals surface area contributed by atoms with E-state index >= 15 is 0 Å². The van der Waals surface area contributed by atoms with Crippen molar-refractivity contribution in [3.63, 3.8) is 0 Å². The summed E-state index contributed by atoms with van der Waals surface area (Å²) in [5.41, 5.74) is 2.43. The van der Waals surface area contributed by atoms with Crippen molar-refractivity contribution in [2.45, 2.75) is 24.2 Å². The average Bonchev–Trinajstić information content (AvgIpc) is 3.18. The van der Waals surface area contributed by atoms with Gasteiger partial charge in [-0.25, -0.2) is 13.4 Å². The summed E-state index contributed by atoms with van der Waals surface area (Å²) in [5.74, 6) is -0.115. The van der Waals surface area contributed by atoms with Crippen LogP contribution >= 0.6 is 0 Å². The first-order valence-corrected chi connectivity index (χ1v) is 13.9. The lowest BCUT2D eigenvalue weighted by atomic mass is 10.0. The molecule has 1 fully saturated rings. The molecule has 0 aliphatic carbocycles. The number of aromatic nitrogens is 1. The Bertz CT molecular complexity index is 1640. The van der Waals surface area contributed by atoms with Gasteiger partial charge < -0.3 is 4.90 Å². The highest BCUT2D eigenvalue weighted by Crippen LogP contribution is 2.43. The number of pyridine rings is 1. The van der Waals surface area contributed by atoms with Crippen molar-refractivity contribution in [3.05, 3.63) is 81.5 Å². The van der Waals surface area contributed by atoms with Crippen molar-refractivity contribution >= 4 is 50.3 Å². The first kappa shape index (κ1) is 25.1. The third kappa shape index (κ3) is 4.62. The summed E-state index contributed by atoms with van der Waals surface area (Å²) < 4.78 is 23.8. The second-order valence-electron chi connectivity index (χ2n) is 9.19. The van der Waals surface area contributed by atoms with Crippen LogP contribution in [0.4, 0.5) is 22.9 Å². The summed E-state index contributed by atoms with van der Waals surface area (Å²) in [7, 11) is -3.41. The molecule has 5 rings (SSSR count). The SMILES string of the molecule is CS(=O)(=O)c1ccc(N2C(=O)C(=Cc3ccc([N+](=O)[O-])c(N4CCCCC4)n3)c3cc(C#N)ccc32)cc1. The number of amides is 1. The van der Waals surface area contributed by atoms with E-state index in [4.69, 9.17) is 0 Å². The largest absolute Gasteiger partial charge is 0.351 e. The summed E-state index contributed by atoms with van der Waals surface area (Å²) >= 11 is 0. The topological polar surface area (TPSA) is 138 Å². The number of nitriles is 1. The number of hydrogen-bond donors (Lipinski definition) is 0. The maximum Gasteiger partial charge on any atom is 0.311 e. The van der Waals surface area contributed by atoms with Crippen LogP contribution in [-0.4, -0.2) is 43.6 Å². The van der Waals surface area contributed by atoms with Crippen LogP contribution in [0.25, 0.3) is 11.6 Å². The molecule has 0 spiro atoms. The summed E-state index contributed by atoms with van der Waals surface area (Å²) in [6.45, 7) is 1.33. The molecule has 10 nitrogen and oxygen atoms in total. The van der Waals surface area contributed by atoms with Crippen LogP contribution in [-0.2, 0) is 14.6 Å². The molecule has 0 saturated carbocycles. The third-order valence-electron chi connectivity index (χ3n) is 6.63. The van der Waals surface area contributed by atoms with Crippen LogP contribution < -0.4 is 9.80 Å². The zero-order chi connectivity index (χ0) is 27.0. The van der Waals surface area contributed by atoms with Gasteiger partial charge in [0.25, 0.3) is 5.91 Å². The minimum atomic E-state index is -3.41. The van der Waals surface area contributed by atoms with Crippen LogP contribution in [0, 0.1) is 21.4 Å². The minimum Gasteiger partial charge on any atom is -0.351 e. The number of piperidine rings is 1. The molecule has 1 amide bonds. The lowest BCUT2D eigenvalue weighted by Gasteiger charge is -2.27. The Hall–Kier alpha value is -4.56. The number of fused-ring (bicyclic) bond motifs is 1. The van der Waals surface area contributed by atoms with E-state index in [0.29, 0.717) is 41.3 Å². The van der Waals surface area contributed by atoms with E-state index in [1.54, 1.807) is 36.4 Å². The number of nitro groups is 1. The first-order valence-electron chi connectivity index (χ1n) is 12.0. The number of sulfone groups is 1. The Balaban J connectivity index is 1.61. The van der Waals surface area contributed by atoms with Gasteiger partial charge in [0.15, 0.2) is 9.84 Å². The summed E-state index contributed by atoms with van der Waals surface area (Å²) in [4.78, 5) is 33.0. The lowest BCUT2D eigenvalue weighted by molar-refractivity contribution is -0.384. The molecule has 3 aromatic rings. The Morgan fingerprint density at radius 2 is 1.76 bits per heavy atom. The van der Waals surface area contributed by atoms with Crippen molar-refractivity contribution in [2.24, 2.45) is 0 Å². The predicted octanol–water partition coefficient (Wildman–Crippen LogP) is 4.47. The second-order valence-corrected chi connectivity index (χ2v) is 11.2. The number of rotatable bonds is 5. The van der Waals surface area contributed by atoms with Crippen molar-refractivity contribution in [2.75, 3.05) is 29.1 Å². The lowest BCUT2D eigenvalue weighted by Crippen LogP contribution is -2.30. The van der Waals surface area contributed by atoms with Gasteiger partial charge in [0, 0.05) is 36.7 Å². The number of carbonyl (C=O) groups excluding carboxylic acids is 1. The van der Waals surface area contributed by atoms with Crippen LogP contribution in [0.15, 0.2) is 59.5 Å². The maximum atomic E-state index is 13.7. The summed E-state index contributed by atoms with van der Waals surface area (Å²) in [5, 5.41) is 21.1. The Kier molecular flexibility index (Phi) is 6.42. The average molecular weight is 530 g/mol. The summed E-state index contributed by atoms with van der Waals surface area (Å²) in [6, 6.07) is 15.8. The van der Waals surface area contributed by atoms with E-state index in [2.05, 4.69) is 11.1 Å². The molecule has 11 heteroatoms. The monoisotopic (exact) mass is 529 g/mol. The number of hydrogen-bond acceptors (Lipinski definition) is 8. The number of benzene rings is 2. The smallest absolute Gasteiger partial charge is 0.311 e. The van der Waals surface area contributed by atoms with Gasteiger partial charge in [-0.1, -0.05) is 0 Å². The molecule has 2 aliphatic heterocycles. The van der Waals surface area contributed by atoms with Crippen LogP contribution in [0.3, 0.4) is 0 Å². The fourth-order valence-electron chi connectivity index (χ4n) is 4.76. The molecule has 2 aromatic carbocycles. The zero-order valence-corrected chi connectivity index (χ0v) is 21.3. The number of anilines is 3. The maximum absolute atomic E-state index is 13.7. The Labute approximate surface area is 219 Å². The molecule has 1 aromatic heterocycles. The highest BCUT2D eigenvalue weighted by atomic mass is 32.2. The van der Waals surface area contributed by atoms with E-state index in [0.717, 1.165) is 25.5 Å². The molecule has 192 valence electrons. The predicted molar refractivity (Wildman–Crippen MR) is 143 cm³/mol. The molecule has 1 saturated heterocycles. The molecule has 0 atom stereocenters. The minimum absolute atomic E-state index is 0.0911. The number of carbonyl (C=O) groups is 1. The molecular formula is C27H23N5O5S. The normalized spacial score (nSPS) is 16.4. The van der Waals surface area contributed by atoms with Gasteiger partial charge >= 0.3 is 5.69 Å². The third-order valence-corrected chi connectivity index (χ3v) is 7.76. The molecule has 0 N–H and O–H groups in total. The van der Waals surface area contributed by atoms with E-state index in [9.17, 15) is 28.6 Å². The van der Waals surface area contributed by atoms with Crippen molar-refractivity contribution in [1.29, 1.82) is 5.26 Å². The molecule has 2 aliphatic rings. The van der Waals surface area contributed by atoms with Gasteiger partial charge in [0.1, 0.15) is 0 Å². The fourth-order valence-corrected chi connectivity index (χ4v) is 5.39. The van der Waals surface area contributed by atoms with Crippen LogP contribution in [0.1, 0.15) is 36.1 Å². The van der Waals surface area contributed by atoms with E-state index in [1.165, 1.54) is 29.2 Å². The second kappa shape index (κ2) is 9.72. The molecule has 0 radical (unpaired) electrons. The van der Waals surface area contributed by atoms with Gasteiger partial charge in [0.05, 0.1) is 38.4 Å². The highest BCUT2D eigenvalue weighted by molar-refractivity contribution is 7.90. The van der Waals surface area contributed by atoms with Gasteiger partial charge in [0.2, 0.25) is 5.82 Å². The highest BCUT2D eigenvalue weighted by Gasteiger charge is 2.34. The Morgan fingerprint density at radius 1 is 1.05 bits per heavy atom. The Morgan fingerprint density at radius 3 is 2.39 bits per heavy atom. The standard InChI is InChI=1S/C27H23N5O5S/c1-38(36,37)21-9-7-20(8-10-21)31-24-11-5-18(17-28)15-22(24)23(27(31)33)16-19-6-12-25(32(34)35)26(29-19)30-13-3-2-4-14-30/h5-12,15-16H,2-4,13-14H2,1H3. The number of nitrogens with zero attached hydrogens (tertiary/aromatic N) is 5. The van der Waals surface area contributed by atoms with Gasteiger partial charge in [-0.15, -0.1) is 0 Å². The van der Waals surface area contributed by atoms with E-state index in [-0.39, 0.29) is 27.9 Å². The quantitative estimate of drug-likeness (QED) is 0.268. The van der Waals surface area contributed by atoms with E-state index < -0.39 is 14.8 Å². The van der Waals surface area contributed by atoms with Gasteiger partial charge in [-0.05, 0) is 73.9 Å². The van der Waals surface area contributed by atoms with Crippen molar-refractivity contribution < 1.29 is 18.1 Å². The van der Waals surface area contributed by atoms with Crippen LogP contribution in [0.2, 0.25) is 0 Å². The fraction of sp³-hybridized carbons (Fsp3) is 0.222. The van der Waals surface area contributed by atoms with Gasteiger partial charge in [-0.3, -0.25) is 19.8 Å². The molecule has 0 bridgehead atoms. The van der Waals surface area contributed by atoms with E-state index in [1.807, 2.05) is 4.90 Å². The summed E-state index contributed by atoms with van der Waals surface area (Å²) in [6.07, 6.45) is 5.57. The zero-order valence-electron chi connectivity index (χ0n) is 20.5. The van der Waals surface area contributed by atoms with Gasteiger partial charge in [-0.2, -0.15) is 5.26 Å². The molecule has 0 unspecified atom stereocenters. The van der Waals surface area contributed by atoms with Crippen LogP contribution in [0.5, 0.6) is 0 Å². The molecule has 3 heterocycles. The van der Waals surface area contributed by atoms with Crippen molar-refractivity contribution in [3.8, 4) is 6.07 Å². The molecular weight excluding hydrogens is 506 g/mol.